The molecule has 1 saturated heterocycles. The molecule has 1 heterocycles. The molecule has 0 aliphatic carbocycles. The highest BCUT2D eigenvalue weighted by molar-refractivity contribution is 7.88. The van der Waals surface area contributed by atoms with Crippen LogP contribution in [0.3, 0.4) is 0 Å². The van der Waals surface area contributed by atoms with Gasteiger partial charge in [-0.2, -0.15) is 0 Å². The van der Waals surface area contributed by atoms with E-state index in [1.807, 2.05) is 4.31 Å². The van der Waals surface area contributed by atoms with E-state index in [0.29, 0.717) is 0 Å². The van der Waals surface area contributed by atoms with E-state index < -0.39 is 11.4 Å². The normalized spacial score (nSPS) is 32.1. The minimum atomic E-state index is -0.739. The van der Waals surface area contributed by atoms with Crippen molar-refractivity contribution >= 4 is 11.4 Å². The number of rotatable bonds is 1. The molecule has 2 nitrogen and oxygen atoms in total. The molecule has 0 amide bonds. The summed E-state index contributed by atoms with van der Waals surface area (Å²) < 4.78 is 13.0. The van der Waals surface area contributed by atoms with Crippen LogP contribution in [0.4, 0.5) is 0 Å². The van der Waals surface area contributed by atoms with Crippen LogP contribution >= 0.6 is 0 Å². The molecule has 1 aliphatic heterocycles. The van der Waals surface area contributed by atoms with Gasteiger partial charge in [-0.1, -0.05) is 6.92 Å². The first-order valence-corrected chi connectivity index (χ1v) is 5.30. The Morgan fingerprint density at radius 2 is 2.30 bits per heavy atom. The lowest BCUT2D eigenvalue weighted by Crippen LogP contribution is -2.38. The van der Waals surface area contributed by atoms with Gasteiger partial charge in [-0.3, -0.25) is 0 Å². The Balaban J connectivity index is 2.32. The van der Waals surface area contributed by atoms with Crippen LogP contribution in [0.5, 0.6) is 0 Å². The second kappa shape index (κ2) is 3.60. The van der Waals surface area contributed by atoms with Crippen molar-refractivity contribution in [2.24, 2.45) is 5.92 Å². The van der Waals surface area contributed by atoms with Crippen LogP contribution in [-0.2, 0) is 11.4 Å². The summed E-state index contributed by atoms with van der Waals surface area (Å²) in [6, 6.07) is 0. The number of hydrogen-bond acceptors (Lipinski definition) is 2. The number of piperidine rings is 1. The quantitative estimate of drug-likeness (QED) is 0.537. The van der Waals surface area contributed by atoms with Gasteiger partial charge in [-0.25, -0.2) is 0 Å². The average Bonchev–Trinajstić information content (AvgIpc) is 1.88. The van der Waals surface area contributed by atoms with Crippen molar-refractivity contribution in [3.05, 3.63) is 0 Å². The molecule has 3 heteroatoms. The summed E-state index contributed by atoms with van der Waals surface area (Å²) in [6.45, 7) is 4.26. The van der Waals surface area contributed by atoms with Gasteiger partial charge in [0.15, 0.2) is 0 Å². The SMILES string of the molecule is CC1CCCN([S+](C)[O-])C1. The van der Waals surface area contributed by atoms with E-state index in [4.69, 9.17) is 0 Å². The van der Waals surface area contributed by atoms with Crippen LogP contribution in [0, 0.1) is 5.92 Å². The predicted octanol–water partition coefficient (Wildman–Crippen LogP) is 1.01. The molecule has 0 radical (unpaired) electrons. The van der Waals surface area contributed by atoms with Gasteiger partial charge in [0.05, 0.1) is 0 Å². The molecule has 0 aromatic rings. The van der Waals surface area contributed by atoms with Crippen LogP contribution < -0.4 is 0 Å². The Bertz CT molecular complexity index is 108. The highest BCUT2D eigenvalue weighted by Crippen LogP contribution is 2.17. The molecular formula is C7H15NOS. The monoisotopic (exact) mass is 161 g/mol. The molecule has 1 fully saturated rings. The minimum absolute atomic E-state index is 0.734. The summed E-state index contributed by atoms with van der Waals surface area (Å²) in [5.74, 6) is 0.734. The van der Waals surface area contributed by atoms with Crippen LogP contribution in [0.15, 0.2) is 0 Å². The van der Waals surface area contributed by atoms with Gasteiger partial charge in [0, 0.05) is 24.5 Å². The van der Waals surface area contributed by atoms with E-state index >= 15 is 0 Å². The third-order valence-corrected chi connectivity index (χ3v) is 3.04. The molecule has 2 unspecified atom stereocenters. The van der Waals surface area contributed by atoms with E-state index in [2.05, 4.69) is 6.92 Å². The zero-order chi connectivity index (χ0) is 7.56. The van der Waals surface area contributed by atoms with E-state index in [-0.39, 0.29) is 0 Å². The summed E-state index contributed by atoms with van der Waals surface area (Å²) in [5, 5.41) is 0. The third-order valence-electron chi connectivity index (χ3n) is 1.98. The molecule has 1 rings (SSSR count). The topological polar surface area (TPSA) is 26.3 Å². The van der Waals surface area contributed by atoms with Gasteiger partial charge in [-0.05, 0) is 18.8 Å². The molecule has 1 aliphatic rings. The lowest BCUT2D eigenvalue weighted by molar-refractivity contribution is 0.283. The molecule has 0 aromatic heterocycles. The van der Waals surface area contributed by atoms with E-state index in [1.165, 1.54) is 12.8 Å². The lowest BCUT2D eigenvalue weighted by Gasteiger charge is -2.29. The maximum Gasteiger partial charge on any atom is 0.115 e. The fraction of sp³-hybridized carbons (Fsp3) is 1.00. The van der Waals surface area contributed by atoms with Crippen molar-refractivity contribution in [1.82, 2.24) is 4.31 Å². The Kier molecular flexibility index (Phi) is 3.01. The van der Waals surface area contributed by atoms with Crippen molar-refractivity contribution in [2.75, 3.05) is 19.3 Å². The molecule has 0 aromatic carbocycles. The van der Waals surface area contributed by atoms with Crippen molar-refractivity contribution < 1.29 is 4.55 Å². The maximum absolute atomic E-state index is 11.0. The van der Waals surface area contributed by atoms with Gasteiger partial charge in [0.1, 0.15) is 6.26 Å². The summed E-state index contributed by atoms with van der Waals surface area (Å²) in [6.07, 6.45) is 4.27. The molecule has 0 spiro atoms. The van der Waals surface area contributed by atoms with E-state index in [1.54, 1.807) is 6.26 Å². The van der Waals surface area contributed by atoms with Crippen molar-refractivity contribution in [3.8, 4) is 0 Å². The summed E-state index contributed by atoms with van der Waals surface area (Å²) in [7, 11) is 0. The second-order valence-electron chi connectivity index (χ2n) is 3.06. The Hall–Kier alpha value is 0.270. The van der Waals surface area contributed by atoms with Crippen molar-refractivity contribution in [3.63, 3.8) is 0 Å². The fourth-order valence-electron chi connectivity index (χ4n) is 1.38. The van der Waals surface area contributed by atoms with Crippen LogP contribution in [-0.4, -0.2) is 28.2 Å². The molecule has 0 bridgehead atoms. The first kappa shape index (κ1) is 8.37. The van der Waals surface area contributed by atoms with Crippen molar-refractivity contribution in [2.45, 2.75) is 19.8 Å². The second-order valence-corrected chi connectivity index (χ2v) is 4.42. The molecule has 0 N–H and O–H groups in total. The molecule has 60 valence electrons. The smallest absolute Gasteiger partial charge is 0.115 e. The molecular weight excluding hydrogens is 146 g/mol. The first-order chi connectivity index (χ1) is 4.70. The van der Waals surface area contributed by atoms with Crippen LogP contribution in [0.2, 0.25) is 0 Å². The largest absolute Gasteiger partial charge is 0.598 e. The van der Waals surface area contributed by atoms with Gasteiger partial charge in [-0.15, -0.1) is 4.31 Å². The van der Waals surface area contributed by atoms with Crippen LogP contribution in [0.1, 0.15) is 19.8 Å². The van der Waals surface area contributed by atoms with E-state index in [9.17, 15) is 4.55 Å². The maximum atomic E-state index is 11.0. The number of hydrogen-bond donors (Lipinski definition) is 0. The Morgan fingerprint density at radius 3 is 2.70 bits per heavy atom. The predicted molar refractivity (Wildman–Crippen MR) is 44.0 cm³/mol. The molecule has 10 heavy (non-hydrogen) atoms. The number of nitrogens with zero attached hydrogens (tertiary/aromatic N) is 1. The Morgan fingerprint density at radius 1 is 1.60 bits per heavy atom. The van der Waals surface area contributed by atoms with Crippen LogP contribution in [0.25, 0.3) is 0 Å². The van der Waals surface area contributed by atoms with Gasteiger partial charge >= 0.3 is 0 Å². The van der Waals surface area contributed by atoms with Gasteiger partial charge < -0.3 is 4.55 Å². The summed E-state index contributed by atoms with van der Waals surface area (Å²) in [4.78, 5) is 0. The van der Waals surface area contributed by atoms with E-state index in [0.717, 1.165) is 19.0 Å². The van der Waals surface area contributed by atoms with Gasteiger partial charge in [0.25, 0.3) is 0 Å². The van der Waals surface area contributed by atoms with Gasteiger partial charge in [0.2, 0.25) is 0 Å². The highest BCUT2D eigenvalue weighted by atomic mass is 32.2. The summed E-state index contributed by atoms with van der Waals surface area (Å²) >= 11 is -0.739. The average molecular weight is 161 g/mol. The first-order valence-electron chi connectivity index (χ1n) is 3.78. The lowest BCUT2D eigenvalue weighted by atomic mass is 10.0. The standard InChI is InChI=1S/C7H15NOS/c1-7-4-3-5-8(6-7)10(2)9/h7H,3-6H2,1-2H3. The fourth-order valence-corrected chi connectivity index (χ4v) is 2.23. The molecule has 0 saturated carbocycles. The highest BCUT2D eigenvalue weighted by Gasteiger charge is 2.22. The Labute approximate surface area is 65.9 Å². The van der Waals surface area contributed by atoms with Crippen molar-refractivity contribution in [1.29, 1.82) is 0 Å². The minimum Gasteiger partial charge on any atom is -0.598 e. The summed E-state index contributed by atoms with van der Waals surface area (Å²) in [5.41, 5.74) is 0. The third kappa shape index (κ3) is 2.15. The molecule has 2 atom stereocenters. The zero-order valence-corrected chi connectivity index (χ0v) is 7.49. The zero-order valence-electron chi connectivity index (χ0n) is 6.67.